The summed E-state index contributed by atoms with van der Waals surface area (Å²) in [6, 6.07) is 15.9. The predicted molar refractivity (Wildman–Crippen MR) is 118 cm³/mol. The van der Waals surface area contributed by atoms with Crippen LogP contribution in [0, 0.1) is 6.92 Å². The highest BCUT2D eigenvalue weighted by atomic mass is 32.2. The number of carbonyl (C=O) groups excluding carboxylic acids is 1. The third kappa shape index (κ3) is 4.65. The van der Waals surface area contributed by atoms with Crippen molar-refractivity contribution in [2.45, 2.75) is 40.2 Å². The Morgan fingerprint density at radius 3 is 2.61 bits per heavy atom. The normalized spacial score (nSPS) is 18.1. The number of ether oxygens (including phenoxy) is 1. The van der Waals surface area contributed by atoms with E-state index in [2.05, 4.69) is 13.8 Å². The molecule has 1 aliphatic rings. The van der Waals surface area contributed by atoms with Gasteiger partial charge in [-0.05, 0) is 74.9 Å². The van der Waals surface area contributed by atoms with Crippen LogP contribution >= 0.6 is 11.8 Å². The van der Waals surface area contributed by atoms with Gasteiger partial charge in [0.25, 0.3) is 5.91 Å². The Labute approximate surface area is 171 Å². The fourth-order valence-corrected chi connectivity index (χ4v) is 3.97. The van der Waals surface area contributed by atoms with Crippen LogP contribution in [0.2, 0.25) is 0 Å². The molecule has 0 spiro atoms. The molecular formula is C23H26N2O2S. The van der Waals surface area contributed by atoms with Gasteiger partial charge in [-0.2, -0.15) is 0 Å². The van der Waals surface area contributed by atoms with Gasteiger partial charge in [-0.1, -0.05) is 36.8 Å². The first-order chi connectivity index (χ1) is 13.5. The number of hydrogen-bond donors (Lipinski definition) is 0. The van der Waals surface area contributed by atoms with Crippen molar-refractivity contribution in [3.05, 3.63) is 64.6 Å². The lowest BCUT2D eigenvalue weighted by atomic mass is 10.2. The van der Waals surface area contributed by atoms with Gasteiger partial charge in [0.2, 0.25) is 0 Å². The number of aryl methyl sites for hydroxylation is 1. The van der Waals surface area contributed by atoms with E-state index in [0.29, 0.717) is 11.5 Å². The fourth-order valence-electron chi connectivity index (χ4n) is 2.88. The van der Waals surface area contributed by atoms with E-state index >= 15 is 0 Å². The Hall–Kier alpha value is -2.53. The molecular weight excluding hydrogens is 368 g/mol. The summed E-state index contributed by atoms with van der Waals surface area (Å²) in [6.45, 7) is 8.76. The number of aliphatic imine (C=N–C) groups is 1. The van der Waals surface area contributed by atoms with Gasteiger partial charge in [0.15, 0.2) is 5.17 Å². The highest BCUT2D eigenvalue weighted by molar-refractivity contribution is 8.18. The summed E-state index contributed by atoms with van der Waals surface area (Å²) in [5, 5.41) is 0.732. The molecule has 0 N–H and O–H groups in total. The quantitative estimate of drug-likeness (QED) is 0.582. The largest absolute Gasteiger partial charge is 0.494 e. The Morgan fingerprint density at radius 2 is 1.93 bits per heavy atom. The van der Waals surface area contributed by atoms with Gasteiger partial charge in [0.05, 0.1) is 17.2 Å². The van der Waals surface area contributed by atoms with Crippen molar-refractivity contribution >= 4 is 34.6 Å². The number of thioether (sulfide) groups is 1. The Balaban J connectivity index is 1.95. The molecule has 146 valence electrons. The maximum absolute atomic E-state index is 13.1. The van der Waals surface area contributed by atoms with Crippen molar-refractivity contribution in [1.82, 2.24) is 4.90 Å². The Kier molecular flexibility index (Phi) is 6.57. The summed E-state index contributed by atoms with van der Waals surface area (Å²) in [6.07, 6.45) is 2.79. The van der Waals surface area contributed by atoms with E-state index in [1.54, 1.807) is 0 Å². The van der Waals surface area contributed by atoms with E-state index in [1.807, 2.05) is 73.4 Å². The van der Waals surface area contributed by atoms with Crippen LogP contribution in [0.3, 0.4) is 0 Å². The topological polar surface area (TPSA) is 41.9 Å². The molecule has 1 fully saturated rings. The maximum Gasteiger partial charge on any atom is 0.266 e. The number of benzene rings is 2. The number of amides is 1. The molecule has 1 aliphatic heterocycles. The molecule has 2 aromatic rings. The third-order valence-electron chi connectivity index (χ3n) is 4.59. The van der Waals surface area contributed by atoms with Crippen molar-refractivity contribution in [2.24, 2.45) is 4.99 Å². The monoisotopic (exact) mass is 394 g/mol. The van der Waals surface area contributed by atoms with Gasteiger partial charge in [-0.25, -0.2) is 4.99 Å². The minimum Gasteiger partial charge on any atom is -0.494 e. The number of carbonyl (C=O) groups is 1. The van der Waals surface area contributed by atoms with Crippen LogP contribution in [0.5, 0.6) is 5.75 Å². The average Bonchev–Trinajstić information content (AvgIpc) is 2.98. The summed E-state index contributed by atoms with van der Waals surface area (Å²) >= 11 is 1.43. The molecule has 3 rings (SSSR count). The molecule has 1 heterocycles. The number of hydrogen-bond acceptors (Lipinski definition) is 4. The zero-order valence-electron chi connectivity index (χ0n) is 16.8. The summed E-state index contributed by atoms with van der Waals surface area (Å²) in [7, 11) is 0. The van der Waals surface area contributed by atoms with Crippen molar-refractivity contribution in [2.75, 3.05) is 6.61 Å². The molecule has 0 saturated carbocycles. The Bertz CT molecular complexity index is 903. The van der Waals surface area contributed by atoms with E-state index in [0.717, 1.165) is 28.6 Å². The summed E-state index contributed by atoms with van der Waals surface area (Å²) in [5.74, 6) is 0.812. The molecule has 1 amide bonds. The second kappa shape index (κ2) is 9.11. The highest BCUT2D eigenvalue weighted by Crippen LogP contribution is 2.36. The molecule has 0 unspecified atom stereocenters. The van der Waals surface area contributed by atoms with Gasteiger partial charge < -0.3 is 4.74 Å². The van der Waals surface area contributed by atoms with Crippen LogP contribution in [0.25, 0.3) is 6.08 Å². The van der Waals surface area contributed by atoms with E-state index < -0.39 is 0 Å². The first-order valence-electron chi connectivity index (χ1n) is 9.63. The molecule has 0 aliphatic carbocycles. The molecule has 0 aromatic heterocycles. The lowest BCUT2D eigenvalue weighted by Crippen LogP contribution is -2.36. The van der Waals surface area contributed by atoms with Crippen LogP contribution in [0.15, 0.2) is 58.4 Å². The van der Waals surface area contributed by atoms with E-state index in [1.165, 1.54) is 17.3 Å². The van der Waals surface area contributed by atoms with Gasteiger partial charge >= 0.3 is 0 Å². The zero-order valence-corrected chi connectivity index (χ0v) is 17.6. The van der Waals surface area contributed by atoms with Crippen LogP contribution in [-0.4, -0.2) is 28.6 Å². The van der Waals surface area contributed by atoms with Crippen LogP contribution in [-0.2, 0) is 4.79 Å². The molecule has 1 atom stereocenters. The molecule has 1 saturated heterocycles. The molecule has 4 nitrogen and oxygen atoms in total. The molecule has 5 heteroatoms. The summed E-state index contributed by atoms with van der Waals surface area (Å²) in [5.41, 5.74) is 2.99. The molecule has 0 radical (unpaired) electrons. The van der Waals surface area contributed by atoms with Crippen molar-refractivity contribution < 1.29 is 9.53 Å². The first-order valence-corrected chi connectivity index (χ1v) is 10.4. The average molecular weight is 395 g/mol. The van der Waals surface area contributed by atoms with Crippen molar-refractivity contribution in [1.29, 1.82) is 0 Å². The standard InChI is InChI=1S/C23H26N2O2S/c1-5-17(4)25-22(26)21(15-18-8-7-9-20(14-18)27-6-2)28-23(25)24-19-12-10-16(3)11-13-19/h7-15,17H,5-6H2,1-4H3/b21-15+,24-23?/t17-/m1/s1. The van der Waals surface area contributed by atoms with E-state index in [9.17, 15) is 4.79 Å². The van der Waals surface area contributed by atoms with Crippen molar-refractivity contribution in [3.8, 4) is 5.75 Å². The van der Waals surface area contributed by atoms with E-state index in [4.69, 9.17) is 9.73 Å². The lowest BCUT2D eigenvalue weighted by Gasteiger charge is -2.22. The first kappa shape index (κ1) is 20.2. The molecule has 2 aromatic carbocycles. The van der Waals surface area contributed by atoms with Crippen molar-refractivity contribution in [3.63, 3.8) is 0 Å². The third-order valence-corrected chi connectivity index (χ3v) is 5.58. The minimum absolute atomic E-state index is 0.00650. The lowest BCUT2D eigenvalue weighted by molar-refractivity contribution is -0.123. The van der Waals surface area contributed by atoms with Crippen LogP contribution < -0.4 is 4.74 Å². The summed E-state index contributed by atoms with van der Waals surface area (Å²) < 4.78 is 5.57. The maximum atomic E-state index is 13.1. The number of rotatable bonds is 6. The van der Waals surface area contributed by atoms with Gasteiger partial charge in [-0.15, -0.1) is 0 Å². The predicted octanol–water partition coefficient (Wildman–Crippen LogP) is 5.80. The zero-order chi connectivity index (χ0) is 20.1. The van der Waals surface area contributed by atoms with Crippen LogP contribution in [0.4, 0.5) is 5.69 Å². The summed E-state index contributed by atoms with van der Waals surface area (Å²) in [4.78, 5) is 20.3. The highest BCUT2D eigenvalue weighted by Gasteiger charge is 2.36. The number of amidine groups is 1. The second-order valence-corrected chi connectivity index (χ2v) is 7.79. The van der Waals surface area contributed by atoms with E-state index in [-0.39, 0.29) is 11.9 Å². The minimum atomic E-state index is 0.00650. The number of nitrogens with zero attached hydrogens (tertiary/aromatic N) is 2. The van der Waals surface area contributed by atoms with Gasteiger partial charge in [0.1, 0.15) is 5.75 Å². The molecule has 0 bridgehead atoms. The van der Waals surface area contributed by atoms with Gasteiger partial charge in [0, 0.05) is 6.04 Å². The SMILES string of the molecule is CCOc1cccc(/C=C2/SC(=Nc3ccc(C)cc3)N([C@H](C)CC)C2=O)c1. The fraction of sp³-hybridized carbons (Fsp3) is 0.304. The molecule has 28 heavy (non-hydrogen) atoms. The Morgan fingerprint density at radius 1 is 1.18 bits per heavy atom. The second-order valence-electron chi connectivity index (χ2n) is 6.78. The smallest absolute Gasteiger partial charge is 0.266 e. The van der Waals surface area contributed by atoms with Crippen LogP contribution in [0.1, 0.15) is 38.3 Å². The van der Waals surface area contributed by atoms with Gasteiger partial charge in [-0.3, -0.25) is 9.69 Å².